The van der Waals surface area contributed by atoms with E-state index < -0.39 is 0 Å². The van der Waals surface area contributed by atoms with Crippen molar-refractivity contribution in [3.05, 3.63) is 65.9 Å². The predicted molar refractivity (Wildman–Crippen MR) is 118 cm³/mol. The minimum atomic E-state index is -0.166. The summed E-state index contributed by atoms with van der Waals surface area (Å²) in [6, 6.07) is 16.8. The van der Waals surface area contributed by atoms with Gasteiger partial charge in [-0.1, -0.05) is 43.7 Å². The number of fused-ring (bicyclic) bond motifs is 1. The van der Waals surface area contributed by atoms with Gasteiger partial charge in [0.05, 0.1) is 5.52 Å². The van der Waals surface area contributed by atoms with Crippen LogP contribution >= 0.6 is 0 Å². The van der Waals surface area contributed by atoms with Crippen LogP contribution in [0.5, 0.6) is 5.75 Å². The molecule has 4 heteroatoms. The minimum Gasteiger partial charge on any atom is -0.481 e. The van der Waals surface area contributed by atoms with E-state index in [1.54, 1.807) is 6.07 Å². The van der Waals surface area contributed by atoms with Crippen LogP contribution in [0.25, 0.3) is 10.9 Å². The Labute approximate surface area is 172 Å². The van der Waals surface area contributed by atoms with Crippen LogP contribution in [0.3, 0.4) is 0 Å². The van der Waals surface area contributed by atoms with Crippen molar-refractivity contribution < 1.29 is 9.53 Å². The first kappa shape index (κ1) is 20.4. The molecule has 0 bridgehead atoms. The number of carbonyl (C=O) groups excluding carboxylic acids is 1. The molecule has 148 valence electrons. The second-order valence-corrected chi connectivity index (χ2v) is 6.94. The average molecular weight is 386 g/mol. The summed E-state index contributed by atoms with van der Waals surface area (Å²) in [4.78, 5) is 17.1. The number of rotatable bonds is 7. The van der Waals surface area contributed by atoms with Gasteiger partial charge in [0.15, 0.2) is 0 Å². The van der Waals surface area contributed by atoms with Crippen LogP contribution in [0.2, 0.25) is 0 Å². The van der Waals surface area contributed by atoms with Gasteiger partial charge in [-0.2, -0.15) is 0 Å². The monoisotopic (exact) mass is 386 g/mol. The Morgan fingerprint density at radius 2 is 1.97 bits per heavy atom. The van der Waals surface area contributed by atoms with Crippen LogP contribution in [-0.4, -0.2) is 17.5 Å². The van der Waals surface area contributed by atoms with Crippen molar-refractivity contribution in [1.82, 2.24) is 4.98 Å². The van der Waals surface area contributed by atoms with Crippen molar-refractivity contribution in [1.29, 1.82) is 0 Å². The molecule has 3 aromatic rings. The lowest BCUT2D eigenvalue weighted by molar-refractivity contribution is 0.102. The predicted octanol–water partition coefficient (Wildman–Crippen LogP) is 5.76. The van der Waals surface area contributed by atoms with E-state index >= 15 is 0 Å². The number of amides is 1. The molecule has 0 spiro atoms. The summed E-state index contributed by atoms with van der Waals surface area (Å²) in [5.74, 6) is 6.68. The molecule has 1 aromatic heterocycles. The summed E-state index contributed by atoms with van der Waals surface area (Å²) in [7, 11) is 0. The van der Waals surface area contributed by atoms with E-state index in [4.69, 9.17) is 4.74 Å². The standard InChI is InChI=1S/C25H26N2O2/c1-3-4-5-6-7-8-16-29-23-11-9-10-22(18-23)27-25(28)21-14-15-24-20(17-21)13-12-19(2)26-24/h9-15,17-18H,3-6,16H2,1-2H3,(H,27,28). The molecule has 0 unspecified atom stereocenters. The molecule has 0 fully saturated rings. The van der Waals surface area contributed by atoms with Crippen LogP contribution in [0, 0.1) is 18.8 Å². The highest BCUT2D eigenvalue weighted by molar-refractivity contribution is 6.06. The lowest BCUT2D eigenvalue weighted by Gasteiger charge is -2.08. The van der Waals surface area contributed by atoms with Gasteiger partial charge in [0.1, 0.15) is 12.4 Å². The fraction of sp³-hybridized carbons (Fsp3) is 0.280. The first-order chi connectivity index (χ1) is 14.2. The highest BCUT2D eigenvalue weighted by Gasteiger charge is 2.08. The summed E-state index contributed by atoms with van der Waals surface area (Å²) >= 11 is 0. The van der Waals surface area contributed by atoms with Gasteiger partial charge in [-0.15, -0.1) is 0 Å². The molecule has 3 rings (SSSR count). The van der Waals surface area contributed by atoms with E-state index in [-0.39, 0.29) is 5.91 Å². The van der Waals surface area contributed by atoms with E-state index in [2.05, 4.69) is 29.1 Å². The van der Waals surface area contributed by atoms with Gasteiger partial charge in [0, 0.05) is 34.8 Å². The number of aryl methyl sites for hydroxylation is 1. The number of pyridine rings is 1. The lowest BCUT2D eigenvalue weighted by atomic mass is 10.1. The van der Waals surface area contributed by atoms with Crippen molar-refractivity contribution in [3.8, 4) is 17.6 Å². The highest BCUT2D eigenvalue weighted by Crippen LogP contribution is 2.20. The van der Waals surface area contributed by atoms with E-state index in [1.807, 2.05) is 55.5 Å². The maximum atomic E-state index is 12.6. The fourth-order valence-corrected chi connectivity index (χ4v) is 2.96. The number of hydrogen-bond acceptors (Lipinski definition) is 3. The Morgan fingerprint density at radius 3 is 2.83 bits per heavy atom. The highest BCUT2D eigenvalue weighted by atomic mass is 16.5. The first-order valence-corrected chi connectivity index (χ1v) is 10.0. The van der Waals surface area contributed by atoms with Crippen LogP contribution in [0.15, 0.2) is 54.6 Å². The number of ether oxygens (including phenoxy) is 1. The zero-order valence-electron chi connectivity index (χ0n) is 17.0. The molecular weight excluding hydrogens is 360 g/mol. The Morgan fingerprint density at radius 1 is 1.07 bits per heavy atom. The van der Waals surface area contributed by atoms with E-state index in [9.17, 15) is 4.79 Å². The molecule has 1 N–H and O–H groups in total. The van der Waals surface area contributed by atoms with Gasteiger partial charge in [0.2, 0.25) is 0 Å². The van der Waals surface area contributed by atoms with Gasteiger partial charge < -0.3 is 10.1 Å². The zero-order valence-corrected chi connectivity index (χ0v) is 17.0. The number of aromatic nitrogens is 1. The summed E-state index contributed by atoms with van der Waals surface area (Å²) < 4.78 is 5.68. The number of hydrogen-bond donors (Lipinski definition) is 1. The van der Waals surface area contributed by atoms with Crippen LogP contribution < -0.4 is 10.1 Å². The molecule has 4 nitrogen and oxygen atoms in total. The molecule has 0 aliphatic heterocycles. The largest absolute Gasteiger partial charge is 0.481 e. The van der Waals surface area contributed by atoms with Crippen molar-refractivity contribution in [3.63, 3.8) is 0 Å². The van der Waals surface area contributed by atoms with E-state index in [1.165, 1.54) is 12.8 Å². The minimum absolute atomic E-state index is 0.166. The van der Waals surface area contributed by atoms with Crippen LogP contribution in [0.4, 0.5) is 5.69 Å². The number of anilines is 1. The molecule has 0 aliphatic carbocycles. The van der Waals surface area contributed by atoms with Crippen molar-refractivity contribution in [2.45, 2.75) is 39.5 Å². The van der Waals surface area contributed by atoms with E-state index in [0.29, 0.717) is 23.6 Å². The maximum Gasteiger partial charge on any atom is 0.255 e. The maximum absolute atomic E-state index is 12.6. The number of unbranched alkanes of at least 4 members (excludes halogenated alkanes) is 3. The molecule has 0 radical (unpaired) electrons. The third-order valence-electron chi connectivity index (χ3n) is 4.52. The molecule has 1 amide bonds. The SMILES string of the molecule is CCCCCC#CCOc1cccc(NC(=O)c2ccc3nc(C)ccc3c2)c1. The molecule has 0 saturated heterocycles. The molecule has 29 heavy (non-hydrogen) atoms. The third-order valence-corrected chi connectivity index (χ3v) is 4.52. The molecular formula is C25H26N2O2. The normalized spacial score (nSPS) is 10.3. The Kier molecular flexibility index (Phi) is 7.24. The van der Waals surface area contributed by atoms with Gasteiger partial charge in [-0.3, -0.25) is 9.78 Å². The Bertz CT molecular complexity index is 1050. The van der Waals surface area contributed by atoms with Crippen molar-refractivity contribution in [2.75, 3.05) is 11.9 Å². The van der Waals surface area contributed by atoms with Gasteiger partial charge >= 0.3 is 0 Å². The summed E-state index contributed by atoms with van der Waals surface area (Å²) in [6.07, 6.45) is 4.46. The fourth-order valence-electron chi connectivity index (χ4n) is 2.96. The van der Waals surface area contributed by atoms with Crippen LogP contribution in [0.1, 0.15) is 48.7 Å². The second-order valence-electron chi connectivity index (χ2n) is 6.94. The van der Waals surface area contributed by atoms with Gasteiger partial charge in [-0.05, 0) is 49.7 Å². The quantitative estimate of drug-likeness (QED) is 0.415. The Hall–Kier alpha value is -3.32. The Balaban J connectivity index is 1.59. The van der Waals surface area contributed by atoms with Crippen LogP contribution in [-0.2, 0) is 0 Å². The number of nitrogens with zero attached hydrogens (tertiary/aromatic N) is 1. The number of carbonyl (C=O) groups is 1. The summed E-state index contributed by atoms with van der Waals surface area (Å²) in [5, 5.41) is 3.87. The zero-order chi connectivity index (χ0) is 20.5. The summed E-state index contributed by atoms with van der Waals surface area (Å²) in [5.41, 5.74) is 3.11. The number of nitrogens with one attached hydrogen (secondary N) is 1. The molecule has 0 saturated carbocycles. The molecule has 0 aliphatic rings. The molecule has 2 aromatic carbocycles. The second kappa shape index (κ2) is 10.3. The van der Waals surface area contributed by atoms with Gasteiger partial charge in [0.25, 0.3) is 5.91 Å². The summed E-state index contributed by atoms with van der Waals surface area (Å²) in [6.45, 7) is 4.48. The number of benzene rings is 2. The molecule has 0 atom stereocenters. The van der Waals surface area contributed by atoms with Crippen molar-refractivity contribution in [2.24, 2.45) is 0 Å². The average Bonchev–Trinajstić information content (AvgIpc) is 2.73. The van der Waals surface area contributed by atoms with Gasteiger partial charge in [-0.25, -0.2) is 0 Å². The topological polar surface area (TPSA) is 51.2 Å². The molecule has 1 heterocycles. The first-order valence-electron chi connectivity index (χ1n) is 10.0. The lowest BCUT2D eigenvalue weighted by Crippen LogP contribution is -2.12. The van der Waals surface area contributed by atoms with Crippen molar-refractivity contribution >= 4 is 22.5 Å². The third kappa shape index (κ3) is 6.08. The smallest absolute Gasteiger partial charge is 0.255 e. The van der Waals surface area contributed by atoms with E-state index in [0.717, 1.165) is 29.4 Å².